The Morgan fingerprint density at radius 2 is 1.90 bits per heavy atom. The summed E-state index contributed by atoms with van der Waals surface area (Å²) in [6, 6.07) is 16.6. The first-order valence-electron chi connectivity index (χ1n) is 8.76. The van der Waals surface area contributed by atoms with Crippen molar-refractivity contribution in [2.24, 2.45) is 0 Å². The van der Waals surface area contributed by atoms with E-state index in [4.69, 9.17) is 16.3 Å². The first-order chi connectivity index (χ1) is 14.0. The average Bonchev–Trinajstić information content (AvgIpc) is 2.98. The zero-order chi connectivity index (χ0) is 20.5. The summed E-state index contributed by atoms with van der Waals surface area (Å²) >= 11 is 6.89. The van der Waals surface area contributed by atoms with E-state index < -0.39 is 5.91 Å². The first kappa shape index (κ1) is 19.4. The van der Waals surface area contributed by atoms with Gasteiger partial charge in [0.1, 0.15) is 0 Å². The van der Waals surface area contributed by atoms with E-state index in [9.17, 15) is 14.7 Å². The van der Waals surface area contributed by atoms with E-state index in [0.717, 1.165) is 28.1 Å². The molecule has 0 unspecified atom stereocenters. The van der Waals surface area contributed by atoms with Gasteiger partial charge < -0.3 is 9.84 Å². The van der Waals surface area contributed by atoms with Crippen LogP contribution in [0.3, 0.4) is 0 Å². The first-order valence-corrected chi connectivity index (χ1v) is 9.96. The lowest BCUT2D eigenvalue weighted by atomic mass is 10.0. The van der Waals surface area contributed by atoms with Gasteiger partial charge in [-0.1, -0.05) is 54.1 Å². The van der Waals surface area contributed by atoms with E-state index in [1.165, 1.54) is 30.2 Å². The molecule has 3 aromatic carbocycles. The van der Waals surface area contributed by atoms with E-state index in [-0.39, 0.29) is 28.2 Å². The van der Waals surface area contributed by atoms with Crippen molar-refractivity contribution in [3.05, 3.63) is 75.7 Å². The molecule has 0 atom stereocenters. The fourth-order valence-electron chi connectivity index (χ4n) is 3.24. The number of hydrogen-bond donors (Lipinski definition) is 1. The number of methoxy groups -OCH3 is 1. The second-order valence-electron chi connectivity index (χ2n) is 6.45. The Morgan fingerprint density at radius 1 is 1.14 bits per heavy atom. The highest BCUT2D eigenvalue weighted by Crippen LogP contribution is 2.39. The number of thioether (sulfide) groups is 1. The van der Waals surface area contributed by atoms with Gasteiger partial charge in [-0.25, -0.2) is 0 Å². The van der Waals surface area contributed by atoms with Crippen molar-refractivity contribution in [1.29, 1.82) is 0 Å². The molecule has 0 saturated carbocycles. The Hall–Kier alpha value is -2.96. The van der Waals surface area contributed by atoms with Crippen LogP contribution in [-0.4, -0.2) is 28.3 Å². The topological polar surface area (TPSA) is 66.8 Å². The predicted octanol–water partition coefficient (Wildman–Crippen LogP) is 5.44. The molecule has 2 amide bonds. The second-order valence-corrected chi connectivity index (χ2v) is 7.88. The fourth-order valence-corrected chi connectivity index (χ4v) is 4.28. The third-order valence-electron chi connectivity index (χ3n) is 4.66. The second kappa shape index (κ2) is 7.81. The number of phenolic OH excluding ortho intramolecular Hbond substituents is 1. The van der Waals surface area contributed by atoms with Gasteiger partial charge in [0.2, 0.25) is 0 Å². The van der Waals surface area contributed by atoms with Crippen LogP contribution < -0.4 is 4.74 Å². The van der Waals surface area contributed by atoms with E-state index in [1.54, 1.807) is 0 Å². The predicted molar refractivity (Wildman–Crippen MR) is 115 cm³/mol. The highest BCUT2D eigenvalue weighted by atomic mass is 35.5. The lowest BCUT2D eigenvalue weighted by Gasteiger charge is -2.14. The number of aromatic hydroxyl groups is 1. The van der Waals surface area contributed by atoms with Gasteiger partial charge in [-0.3, -0.25) is 14.5 Å². The number of imide groups is 1. The van der Waals surface area contributed by atoms with Gasteiger partial charge in [0.15, 0.2) is 11.5 Å². The minimum Gasteiger partial charge on any atom is -0.504 e. The number of benzene rings is 3. The van der Waals surface area contributed by atoms with E-state index in [1.807, 2.05) is 42.5 Å². The van der Waals surface area contributed by atoms with Gasteiger partial charge in [-0.2, -0.15) is 0 Å². The smallest absolute Gasteiger partial charge is 0.293 e. The summed E-state index contributed by atoms with van der Waals surface area (Å²) in [6.45, 7) is 0.175. The standard InChI is InChI=1S/C22H16ClNO4S/c1-28-18-11-16(23)9-15(20(18)25)10-19-21(26)24(22(27)29-19)12-14-7-4-6-13-5-2-3-8-17(13)14/h2-11,25H,12H2,1H3/b19-10-. The minimum absolute atomic E-state index is 0.141. The zero-order valence-electron chi connectivity index (χ0n) is 15.4. The third-order valence-corrected chi connectivity index (χ3v) is 5.78. The van der Waals surface area contributed by atoms with Gasteiger partial charge >= 0.3 is 0 Å². The summed E-state index contributed by atoms with van der Waals surface area (Å²) < 4.78 is 5.09. The molecule has 1 aliphatic heterocycles. The molecule has 29 heavy (non-hydrogen) atoms. The minimum atomic E-state index is -0.411. The number of nitrogens with zero attached hydrogens (tertiary/aromatic N) is 1. The molecule has 0 spiro atoms. The maximum Gasteiger partial charge on any atom is 0.293 e. The number of hydrogen-bond acceptors (Lipinski definition) is 5. The molecule has 1 heterocycles. The summed E-state index contributed by atoms with van der Waals surface area (Å²) in [5, 5.41) is 12.3. The molecule has 0 radical (unpaired) electrons. The lowest BCUT2D eigenvalue weighted by molar-refractivity contribution is -0.123. The monoisotopic (exact) mass is 425 g/mol. The largest absolute Gasteiger partial charge is 0.504 e. The number of phenols is 1. The molecule has 0 aromatic heterocycles. The van der Waals surface area contributed by atoms with Crippen LogP contribution in [0.4, 0.5) is 4.79 Å². The Morgan fingerprint density at radius 3 is 2.69 bits per heavy atom. The van der Waals surface area contributed by atoms with Crippen molar-refractivity contribution in [3.8, 4) is 11.5 Å². The van der Waals surface area contributed by atoms with Crippen molar-refractivity contribution < 1.29 is 19.4 Å². The maximum absolute atomic E-state index is 12.9. The van der Waals surface area contributed by atoms with Crippen LogP contribution in [0, 0.1) is 0 Å². The molecule has 0 aliphatic carbocycles. The molecular formula is C22H16ClNO4S. The highest BCUT2D eigenvalue weighted by Gasteiger charge is 2.35. The molecule has 1 saturated heterocycles. The molecule has 4 rings (SSSR count). The third kappa shape index (κ3) is 3.69. The van der Waals surface area contributed by atoms with Gasteiger partial charge in [-0.15, -0.1) is 0 Å². The highest BCUT2D eigenvalue weighted by molar-refractivity contribution is 8.18. The Bertz CT molecular complexity index is 1170. The summed E-state index contributed by atoms with van der Waals surface area (Å²) in [4.78, 5) is 26.8. The van der Waals surface area contributed by atoms with Crippen molar-refractivity contribution in [2.45, 2.75) is 6.54 Å². The Kier molecular flexibility index (Phi) is 5.22. The Balaban J connectivity index is 1.66. The van der Waals surface area contributed by atoms with Crippen LogP contribution in [0.2, 0.25) is 5.02 Å². The number of rotatable bonds is 4. The molecule has 1 N–H and O–H groups in total. The van der Waals surface area contributed by atoms with Crippen LogP contribution >= 0.6 is 23.4 Å². The van der Waals surface area contributed by atoms with Gasteiger partial charge in [0, 0.05) is 16.7 Å². The number of carbonyl (C=O) groups excluding carboxylic acids is 2. The number of ether oxygens (including phenoxy) is 1. The van der Waals surface area contributed by atoms with Gasteiger partial charge in [-0.05, 0) is 40.2 Å². The van der Waals surface area contributed by atoms with Crippen LogP contribution in [0.5, 0.6) is 11.5 Å². The van der Waals surface area contributed by atoms with Gasteiger partial charge in [0.05, 0.1) is 18.6 Å². The molecule has 146 valence electrons. The molecule has 5 nitrogen and oxygen atoms in total. The van der Waals surface area contributed by atoms with E-state index in [0.29, 0.717) is 10.6 Å². The molecular weight excluding hydrogens is 410 g/mol. The molecule has 7 heteroatoms. The number of halogens is 1. The van der Waals surface area contributed by atoms with Crippen molar-refractivity contribution >= 4 is 51.4 Å². The fraction of sp³-hybridized carbons (Fsp3) is 0.0909. The summed E-state index contributed by atoms with van der Waals surface area (Å²) in [6.07, 6.45) is 1.46. The van der Waals surface area contributed by atoms with Crippen molar-refractivity contribution in [2.75, 3.05) is 7.11 Å². The van der Waals surface area contributed by atoms with Crippen molar-refractivity contribution in [3.63, 3.8) is 0 Å². The van der Waals surface area contributed by atoms with Crippen LogP contribution in [-0.2, 0) is 11.3 Å². The number of carbonyl (C=O) groups is 2. The van der Waals surface area contributed by atoms with E-state index >= 15 is 0 Å². The summed E-state index contributed by atoms with van der Waals surface area (Å²) in [5.74, 6) is -0.359. The van der Waals surface area contributed by atoms with E-state index in [2.05, 4.69) is 0 Å². The number of amides is 2. The maximum atomic E-state index is 12.9. The summed E-state index contributed by atoms with van der Waals surface area (Å²) in [5.41, 5.74) is 1.20. The van der Waals surface area contributed by atoms with Crippen molar-refractivity contribution in [1.82, 2.24) is 4.90 Å². The van der Waals surface area contributed by atoms with Crippen LogP contribution in [0.25, 0.3) is 16.8 Å². The average molecular weight is 426 g/mol. The van der Waals surface area contributed by atoms with Crippen LogP contribution in [0.1, 0.15) is 11.1 Å². The van der Waals surface area contributed by atoms with Gasteiger partial charge in [0.25, 0.3) is 11.1 Å². The normalized spacial score (nSPS) is 15.5. The molecule has 3 aromatic rings. The molecule has 0 bridgehead atoms. The quantitative estimate of drug-likeness (QED) is 0.563. The zero-order valence-corrected chi connectivity index (χ0v) is 17.0. The van der Waals surface area contributed by atoms with Crippen LogP contribution in [0.15, 0.2) is 59.5 Å². The molecule has 1 fully saturated rings. The Labute approximate surface area is 176 Å². The number of fused-ring (bicyclic) bond motifs is 1. The lowest BCUT2D eigenvalue weighted by Crippen LogP contribution is -2.27. The molecule has 1 aliphatic rings. The SMILES string of the molecule is COc1cc(Cl)cc(/C=C2\SC(=O)N(Cc3cccc4ccccc34)C2=O)c1O. The summed E-state index contributed by atoms with van der Waals surface area (Å²) in [7, 11) is 1.41.